The van der Waals surface area contributed by atoms with E-state index in [4.69, 9.17) is 15.3 Å². The van der Waals surface area contributed by atoms with Crippen molar-refractivity contribution in [3.63, 3.8) is 0 Å². The van der Waals surface area contributed by atoms with Crippen LogP contribution in [0.3, 0.4) is 0 Å². The molecule has 1 aliphatic rings. The molecule has 16 heavy (non-hydrogen) atoms. The average Bonchev–Trinajstić information content (AvgIpc) is 2.18. The maximum Gasteiger partial charge on any atom is 0.0896 e. The zero-order chi connectivity index (χ0) is 12.2. The minimum Gasteiger partial charge on any atom is -0.381 e. The molecule has 96 valence electrons. The molecule has 1 atom stereocenters. The van der Waals surface area contributed by atoms with E-state index >= 15 is 0 Å². The summed E-state index contributed by atoms with van der Waals surface area (Å²) in [6, 6.07) is 0.142. The molecule has 1 unspecified atom stereocenters. The quantitative estimate of drug-likeness (QED) is 0.567. The maximum atomic E-state index is 6.03. The van der Waals surface area contributed by atoms with Crippen molar-refractivity contribution in [2.75, 3.05) is 19.8 Å². The highest BCUT2D eigenvalue weighted by Gasteiger charge is 2.46. The summed E-state index contributed by atoms with van der Waals surface area (Å²) >= 11 is 0. The first-order valence-corrected chi connectivity index (χ1v) is 6.14. The fourth-order valence-corrected chi connectivity index (χ4v) is 2.71. The summed E-state index contributed by atoms with van der Waals surface area (Å²) in [4.78, 5) is 0. The van der Waals surface area contributed by atoms with E-state index in [9.17, 15) is 0 Å². The van der Waals surface area contributed by atoms with Crippen molar-refractivity contribution >= 4 is 0 Å². The molecule has 1 aliphatic heterocycles. The lowest BCUT2D eigenvalue weighted by Crippen LogP contribution is -2.62. The van der Waals surface area contributed by atoms with Gasteiger partial charge in [0.2, 0.25) is 0 Å². The molecule has 0 spiro atoms. The topological polar surface area (TPSA) is 56.5 Å². The van der Waals surface area contributed by atoms with Gasteiger partial charge in [-0.3, -0.25) is 11.3 Å². The van der Waals surface area contributed by atoms with Gasteiger partial charge in [0.05, 0.1) is 11.6 Å². The van der Waals surface area contributed by atoms with Crippen molar-refractivity contribution in [1.29, 1.82) is 0 Å². The molecule has 1 rings (SSSR count). The second kappa shape index (κ2) is 5.45. The van der Waals surface area contributed by atoms with Crippen molar-refractivity contribution in [3.8, 4) is 0 Å². The number of nitrogens with two attached hydrogens (primary N) is 1. The zero-order valence-electron chi connectivity index (χ0n) is 11.0. The summed E-state index contributed by atoms with van der Waals surface area (Å²) in [6.07, 6.45) is 1.82. The molecule has 1 saturated heterocycles. The number of rotatable bonds is 4. The Labute approximate surface area is 98.8 Å². The third-order valence-electron chi connectivity index (χ3n) is 3.33. The van der Waals surface area contributed by atoms with E-state index in [0.29, 0.717) is 6.61 Å². The van der Waals surface area contributed by atoms with Gasteiger partial charge in [0.1, 0.15) is 0 Å². The lowest BCUT2D eigenvalue weighted by Gasteiger charge is -2.48. The van der Waals surface area contributed by atoms with Gasteiger partial charge in [0.15, 0.2) is 0 Å². The van der Waals surface area contributed by atoms with Crippen LogP contribution in [0.1, 0.15) is 40.5 Å². The van der Waals surface area contributed by atoms with Crippen LogP contribution in [0.25, 0.3) is 0 Å². The third kappa shape index (κ3) is 2.94. The van der Waals surface area contributed by atoms with Gasteiger partial charge in [0.25, 0.3) is 0 Å². The predicted molar refractivity (Wildman–Crippen MR) is 65.0 cm³/mol. The van der Waals surface area contributed by atoms with E-state index in [1.54, 1.807) is 0 Å². The Morgan fingerprint density at radius 1 is 1.38 bits per heavy atom. The first-order chi connectivity index (χ1) is 7.46. The SMILES string of the molecule is CCOC1(C(NN)C(C)(C)C)CCOCC1. The van der Waals surface area contributed by atoms with Gasteiger partial charge in [-0.25, -0.2) is 0 Å². The standard InChI is InChI=1S/C12H26N2O2/c1-5-16-12(6-8-15-9-7-12)10(14-13)11(2,3)4/h10,14H,5-9,13H2,1-4H3. The second-order valence-corrected chi connectivity index (χ2v) is 5.58. The van der Waals surface area contributed by atoms with Crippen LogP contribution >= 0.6 is 0 Å². The van der Waals surface area contributed by atoms with Crippen LogP contribution in [-0.2, 0) is 9.47 Å². The van der Waals surface area contributed by atoms with Crippen molar-refractivity contribution in [2.45, 2.75) is 52.2 Å². The highest BCUT2D eigenvalue weighted by molar-refractivity contribution is 4.99. The van der Waals surface area contributed by atoms with Gasteiger partial charge in [0, 0.05) is 32.7 Å². The largest absolute Gasteiger partial charge is 0.381 e. The summed E-state index contributed by atoms with van der Waals surface area (Å²) in [6.45, 7) is 10.8. The first-order valence-electron chi connectivity index (χ1n) is 6.14. The maximum absolute atomic E-state index is 6.03. The minimum atomic E-state index is -0.181. The molecule has 0 amide bonds. The fourth-order valence-electron chi connectivity index (χ4n) is 2.71. The summed E-state index contributed by atoms with van der Waals surface area (Å²) in [5.74, 6) is 5.73. The summed E-state index contributed by atoms with van der Waals surface area (Å²) in [5.41, 5.74) is 2.85. The first kappa shape index (κ1) is 13.9. The van der Waals surface area contributed by atoms with Crippen LogP contribution in [0.4, 0.5) is 0 Å². The Hall–Kier alpha value is -0.160. The molecule has 4 heteroatoms. The average molecular weight is 230 g/mol. The van der Waals surface area contributed by atoms with Crippen LogP contribution in [0.15, 0.2) is 0 Å². The molecule has 1 fully saturated rings. The van der Waals surface area contributed by atoms with Gasteiger partial charge in [-0.1, -0.05) is 20.8 Å². The Balaban J connectivity index is 2.88. The lowest BCUT2D eigenvalue weighted by molar-refractivity contribution is -0.144. The van der Waals surface area contributed by atoms with Gasteiger partial charge in [-0.05, 0) is 12.3 Å². The molecule has 0 saturated carbocycles. The van der Waals surface area contributed by atoms with Gasteiger partial charge in [-0.2, -0.15) is 0 Å². The fraction of sp³-hybridized carbons (Fsp3) is 1.00. The molecule has 1 heterocycles. The van der Waals surface area contributed by atoms with E-state index in [1.165, 1.54) is 0 Å². The molecule has 0 aromatic carbocycles. The third-order valence-corrected chi connectivity index (χ3v) is 3.33. The van der Waals surface area contributed by atoms with Crippen LogP contribution in [0.5, 0.6) is 0 Å². The van der Waals surface area contributed by atoms with Gasteiger partial charge in [-0.15, -0.1) is 0 Å². The van der Waals surface area contributed by atoms with Crippen LogP contribution in [0.2, 0.25) is 0 Å². The lowest BCUT2D eigenvalue weighted by atomic mass is 9.73. The number of hydrazine groups is 1. The Bertz CT molecular complexity index is 202. The number of hydrogen-bond acceptors (Lipinski definition) is 4. The Kier molecular flexibility index (Phi) is 4.73. The van der Waals surface area contributed by atoms with Crippen LogP contribution < -0.4 is 11.3 Å². The highest BCUT2D eigenvalue weighted by atomic mass is 16.5. The molecule has 4 nitrogen and oxygen atoms in total. The Morgan fingerprint density at radius 2 is 1.94 bits per heavy atom. The van der Waals surface area contributed by atoms with E-state index in [1.807, 2.05) is 6.92 Å². The summed E-state index contributed by atoms with van der Waals surface area (Å²) in [5, 5.41) is 0. The van der Waals surface area contributed by atoms with Crippen molar-refractivity contribution in [2.24, 2.45) is 11.3 Å². The highest BCUT2D eigenvalue weighted by Crippen LogP contribution is 2.37. The number of hydrogen-bond donors (Lipinski definition) is 2. The van der Waals surface area contributed by atoms with Crippen molar-refractivity contribution in [1.82, 2.24) is 5.43 Å². The van der Waals surface area contributed by atoms with Crippen LogP contribution in [-0.4, -0.2) is 31.5 Å². The molecule has 0 aromatic rings. The normalized spacial score (nSPS) is 23.1. The second-order valence-electron chi connectivity index (χ2n) is 5.58. The van der Waals surface area contributed by atoms with Gasteiger partial charge < -0.3 is 9.47 Å². The Morgan fingerprint density at radius 3 is 2.31 bits per heavy atom. The van der Waals surface area contributed by atoms with E-state index < -0.39 is 0 Å². The van der Waals surface area contributed by atoms with E-state index in [-0.39, 0.29) is 17.1 Å². The zero-order valence-corrected chi connectivity index (χ0v) is 11.0. The number of ether oxygens (including phenoxy) is 2. The summed E-state index contributed by atoms with van der Waals surface area (Å²) < 4.78 is 11.5. The molecule has 0 bridgehead atoms. The smallest absolute Gasteiger partial charge is 0.0896 e. The predicted octanol–water partition coefficient (Wildman–Crippen LogP) is 1.45. The minimum absolute atomic E-state index is 0.0707. The van der Waals surface area contributed by atoms with E-state index in [2.05, 4.69) is 26.2 Å². The van der Waals surface area contributed by atoms with Crippen molar-refractivity contribution < 1.29 is 9.47 Å². The number of nitrogens with one attached hydrogen (secondary N) is 1. The van der Waals surface area contributed by atoms with Crippen LogP contribution in [0, 0.1) is 5.41 Å². The van der Waals surface area contributed by atoms with E-state index in [0.717, 1.165) is 26.1 Å². The molecule has 0 radical (unpaired) electrons. The monoisotopic (exact) mass is 230 g/mol. The summed E-state index contributed by atoms with van der Waals surface area (Å²) in [7, 11) is 0. The molecular weight excluding hydrogens is 204 g/mol. The van der Waals surface area contributed by atoms with Crippen molar-refractivity contribution in [3.05, 3.63) is 0 Å². The van der Waals surface area contributed by atoms with Gasteiger partial charge >= 0.3 is 0 Å². The molecule has 0 aromatic heterocycles. The molecule has 3 N–H and O–H groups in total. The molecular formula is C12H26N2O2. The molecule has 0 aliphatic carbocycles.